The van der Waals surface area contributed by atoms with E-state index in [1.54, 1.807) is 39.5 Å². The van der Waals surface area contributed by atoms with Crippen LogP contribution < -0.4 is 9.64 Å². The molecule has 7 nitrogen and oxygen atoms in total. The number of benzene rings is 2. The number of ether oxygens (including phenoxy) is 2. The summed E-state index contributed by atoms with van der Waals surface area (Å²) < 4.78 is 38.7. The second-order valence-corrected chi connectivity index (χ2v) is 9.94. The minimum absolute atomic E-state index is 0.151. The van der Waals surface area contributed by atoms with Crippen LogP contribution in [0.3, 0.4) is 0 Å². The summed E-state index contributed by atoms with van der Waals surface area (Å²) in [7, 11) is -3.50. The highest BCUT2D eigenvalue weighted by Gasteiger charge is 2.31. The van der Waals surface area contributed by atoms with E-state index >= 15 is 0 Å². The Kier molecular flexibility index (Phi) is 7.13. The minimum atomic E-state index is -3.50. The molecule has 2 aliphatic rings. The molecule has 172 valence electrons. The predicted molar refractivity (Wildman–Crippen MR) is 123 cm³/mol. The van der Waals surface area contributed by atoms with E-state index in [1.807, 2.05) is 19.1 Å². The summed E-state index contributed by atoms with van der Waals surface area (Å²) in [5.41, 5.74) is 2.13. The van der Waals surface area contributed by atoms with Gasteiger partial charge in [0, 0.05) is 31.9 Å². The molecule has 2 aromatic rings. The molecular weight excluding hydrogens is 428 g/mol. The van der Waals surface area contributed by atoms with Gasteiger partial charge in [0.05, 0.1) is 17.1 Å². The number of rotatable bonds is 8. The highest BCUT2D eigenvalue weighted by atomic mass is 32.2. The summed E-state index contributed by atoms with van der Waals surface area (Å²) in [5.74, 6) is 0.373. The van der Waals surface area contributed by atoms with Gasteiger partial charge in [-0.05, 0) is 62.1 Å². The van der Waals surface area contributed by atoms with Gasteiger partial charge in [-0.15, -0.1) is 0 Å². The van der Waals surface area contributed by atoms with Crippen molar-refractivity contribution in [1.29, 1.82) is 0 Å². The number of amides is 1. The number of carbonyl (C=O) groups is 1. The molecular formula is C24H30N2O5S. The third-order valence-corrected chi connectivity index (χ3v) is 7.85. The van der Waals surface area contributed by atoms with Crippen LogP contribution in [0.15, 0.2) is 47.4 Å². The minimum Gasteiger partial charge on any atom is -0.490 e. The third-order valence-electron chi connectivity index (χ3n) is 5.95. The molecule has 8 heteroatoms. The van der Waals surface area contributed by atoms with E-state index in [0.717, 1.165) is 30.5 Å². The largest absolute Gasteiger partial charge is 0.490 e. The van der Waals surface area contributed by atoms with E-state index in [0.29, 0.717) is 62.1 Å². The molecule has 4 rings (SSSR count). The van der Waals surface area contributed by atoms with E-state index in [-0.39, 0.29) is 5.91 Å². The van der Waals surface area contributed by atoms with Gasteiger partial charge in [0.1, 0.15) is 12.4 Å². The van der Waals surface area contributed by atoms with Crippen LogP contribution in [0.4, 0.5) is 5.69 Å². The third kappa shape index (κ3) is 4.67. The number of nitrogens with zero attached hydrogens (tertiary/aromatic N) is 2. The number of sulfonamides is 1. The number of fused-ring (bicyclic) bond motifs is 1. The lowest BCUT2D eigenvalue weighted by atomic mass is 10.1. The van der Waals surface area contributed by atoms with Crippen molar-refractivity contribution in [3.63, 3.8) is 0 Å². The zero-order valence-electron chi connectivity index (χ0n) is 18.5. The fourth-order valence-corrected chi connectivity index (χ4v) is 5.84. The van der Waals surface area contributed by atoms with Gasteiger partial charge in [-0.25, -0.2) is 8.42 Å². The summed E-state index contributed by atoms with van der Waals surface area (Å²) in [5, 5.41) is 0. The Morgan fingerprint density at radius 1 is 1.00 bits per heavy atom. The summed E-state index contributed by atoms with van der Waals surface area (Å²) in [6.45, 7) is 5.02. The lowest BCUT2D eigenvalue weighted by molar-refractivity contribution is 0.0969. The SMILES string of the molecule is CCOCCOc1ccccc1C(=O)N1CCc2cc(S(=O)(=O)N3CCCCC3)ccc21. The summed E-state index contributed by atoms with van der Waals surface area (Å²) in [6, 6.07) is 12.3. The molecule has 2 heterocycles. The molecule has 0 saturated carbocycles. The molecule has 32 heavy (non-hydrogen) atoms. The maximum atomic E-state index is 13.3. The van der Waals surface area contributed by atoms with Crippen molar-refractivity contribution in [1.82, 2.24) is 4.31 Å². The van der Waals surface area contributed by atoms with Crippen LogP contribution in [0.5, 0.6) is 5.75 Å². The molecule has 0 unspecified atom stereocenters. The first-order valence-corrected chi connectivity index (χ1v) is 12.7. The Bertz CT molecular complexity index is 1060. The fraction of sp³-hybridized carbons (Fsp3) is 0.458. The van der Waals surface area contributed by atoms with E-state index in [9.17, 15) is 13.2 Å². The van der Waals surface area contributed by atoms with Gasteiger partial charge in [0.15, 0.2) is 0 Å². The summed E-state index contributed by atoms with van der Waals surface area (Å²) >= 11 is 0. The number of anilines is 1. The average Bonchev–Trinajstić information content (AvgIpc) is 3.25. The molecule has 2 aromatic carbocycles. The standard InChI is InChI=1S/C24H30N2O5S/c1-2-30-16-17-31-23-9-5-4-8-21(23)24(27)26-15-12-19-18-20(10-11-22(19)26)32(28,29)25-13-6-3-7-14-25/h4-5,8-11,18H,2-3,6-7,12-17H2,1H3. The molecule has 0 aromatic heterocycles. The molecule has 1 amide bonds. The van der Waals surface area contributed by atoms with Gasteiger partial charge in [0.25, 0.3) is 5.91 Å². The molecule has 1 saturated heterocycles. The van der Waals surface area contributed by atoms with Crippen LogP contribution in [-0.4, -0.2) is 58.1 Å². The maximum absolute atomic E-state index is 13.3. The Hall–Kier alpha value is -2.42. The van der Waals surface area contributed by atoms with Crippen molar-refractivity contribution in [3.8, 4) is 5.75 Å². The van der Waals surface area contributed by atoms with Crippen molar-refractivity contribution in [2.45, 2.75) is 37.5 Å². The van der Waals surface area contributed by atoms with Crippen LogP contribution in [0, 0.1) is 0 Å². The molecule has 2 aliphatic heterocycles. The van der Waals surface area contributed by atoms with Crippen molar-refractivity contribution >= 4 is 21.6 Å². The quantitative estimate of drug-likeness (QED) is 0.566. The first-order chi connectivity index (χ1) is 15.5. The molecule has 0 bridgehead atoms. The van der Waals surface area contributed by atoms with Crippen LogP contribution in [0.1, 0.15) is 42.1 Å². The maximum Gasteiger partial charge on any atom is 0.262 e. The van der Waals surface area contributed by atoms with E-state index in [4.69, 9.17) is 9.47 Å². The molecule has 0 N–H and O–H groups in total. The van der Waals surface area contributed by atoms with Gasteiger partial charge < -0.3 is 14.4 Å². The van der Waals surface area contributed by atoms with Crippen molar-refractivity contribution in [2.24, 2.45) is 0 Å². The Labute approximate surface area is 190 Å². The number of carbonyl (C=O) groups excluding carboxylic acids is 1. The smallest absolute Gasteiger partial charge is 0.262 e. The number of hydrogen-bond donors (Lipinski definition) is 0. The first kappa shape index (κ1) is 22.8. The average molecular weight is 459 g/mol. The summed E-state index contributed by atoms with van der Waals surface area (Å²) in [4.78, 5) is 15.4. The topological polar surface area (TPSA) is 76.1 Å². The predicted octanol–water partition coefficient (Wildman–Crippen LogP) is 3.48. The lowest BCUT2D eigenvalue weighted by Crippen LogP contribution is -2.35. The highest BCUT2D eigenvalue weighted by molar-refractivity contribution is 7.89. The highest BCUT2D eigenvalue weighted by Crippen LogP contribution is 2.34. The van der Waals surface area contributed by atoms with E-state index in [2.05, 4.69) is 0 Å². The van der Waals surface area contributed by atoms with E-state index in [1.165, 1.54) is 0 Å². The van der Waals surface area contributed by atoms with Crippen LogP contribution in [0.25, 0.3) is 0 Å². The van der Waals surface area contributed by atoms with Crippen molar-refractivity contribution in [2.75, 3.05) is 44.4 Å². The van der Waals surface area contributed by atoms with Gasteiger partial charge in [-0.2, -0.15) is 4.31 Å². The number of para-hydroxylation sites is 1. The van der Waals surface area contributed by atoms with Gasteiger partial charge in [0.2, 0.25) is 10.0 Å². The fourth-order valence-electron chi connectivity index (χ4n) is 4.27. The second kappa shape index (κ2) is 10.0. The van der Waals surface area contributed by atoms with Crippen molar-refractivity contribution < 1.29 is 22.7 Å². The lowest BCUT2D eigenvalue weighted by Gasteiger charge is -2.26. The Morgan fingerprint density at radius 3 is 2.56 bits per heavy atom. The molecule has 0 atom stereocenters. The zero-order valence-corrected chi connectivity index (χ0v) is 19.3. The van der Waals surface area contributed by atoms with Crippen molar-refractivity contribution in [3.05, 3.63) is 53.6 Å². The van der Waals surface area contributed by atoms with Crippen LogP contribution in [0.2, 0.25) is 0 Å². The first-order valence-electron chi connectivity index (χ1n) is 11.3. The number of piperidine rings is 1. The van der Waals surface area contributed by atoms with Gasteiger partial charge in [-0.3, -0.25) is 4.79 Å². The molecule has 0 spiro atoms. The van der Waals surface area contributed by atoms with Gasteiger partial charge in [-0.1, -0.05) is 18.6 Å². The zero-order chi connectivity index (χ0) is 22.6. The Morgan fingerprint density at radius 2 is 1.78 bits per heavy atom. The molecule has 0 radical (unpaired) electrons. The van der Waals surface area contributed by atoms with E-state index < -0.39 is 10.0 Å². The van der Waals surface area contributed by atoms with Gasteiger partial charge >= 0.3 is 0 Å². The van der Waals surface area contributed by atoms with Crippen LogP contribution >= 0.6 is 0 Å². The molecule has 0 aliphatic carbocycles. The summed E-state index contributed by atoms with van der Waals surface area (Å²) in [6.07, 6.45) is 3.50. The Balaban J connectivity index is 1.53. The number of hydrogen-bond acceptors (Lipinski definition) is 5. The second-order valence-electron chi connectivity index (χ2n) is 8.00. The van der Waals surface area contributed by atoms with Crippen LogP contribution in [-0.2, 0) is 21.2 Å². The monoisotopic (exact) mass is 458 g/mol. The normalized spacial score (nSPS) is 16.7. The molecule has 1 fully saturated rings.